The molecule has 2 aromatic heterocycles. The monoisotopic (exact) mass is 692 g/mol. The van der Waals surface area contributed by atoms with E-state index in [2.05, 4.69) is 20.9 Å². The molecule has 17 heteroatoms. The minimum absolute atomic E-state index is 0.0485. The third-order valence-corrected chi connectivity index (χ3v) is 9.38. The van der Waals surface area contributed by atoms with E-state index in [-0.39, 0.29) is 64.2 Å². The van der Waals surface area contributed by atoms with Crippen molar-refractivity contribution in [3.05, 3.63) is 59.3 Å². The first-order chi connectivity index (χ1) is 23.7. The van der Waals surface area contributed by atoms with Gasteiger partial charge in [-0.05, 0) is 36.4 Å². The lowest BCUT2D eigenvalue weighted by Crippen LogP contribution is -2.59. The molecule has 12 nitrogen and oxygen atoms in total. The van der Waals surface area contributed by atoms with Gasteiger partial charge in [0.25, 0.3) is 6.08 Å². The largest absolute Gasteiger partial charge is 0.405 e. The highest BCUT2D eigenvalue weighted by Crippen LogP contribution is 2.44. The number of halogens is 4. The fourth-order valence-electron chi connectivity index (χ4n) is 6.81. The van der Waals surface area contributed by atoms with Gasteiger partial charge in [0.05, 0.1) is 30.1 Å². The average molecular weight is 692 g/mol. The van der Waals surface area contributed by atoms with Gasteiger partial charge in [0.1, 0.15) is 22.8 Å². The molecule has 50 heavy (non-hydrogen) atoms. The van der Waals surface area contributed by atoms with Crippen molar-refractivity contribution in [3.8, 4) is 29.6 Å². The lowest BCUT2D eigenvalue weighted by atomic mass is 9.87. The molecule has 0 amide bonds. The van der Waals surface area contributed by atoms with Gasteiger partial charge in [-0.2, -0.15) is 18.7 Å². The van der Waals surface area contributed by atoms with Crippen molar-refractivity contribution in [2.45, 2.75) is 30.7 Å². The van der Waals surface area contributed by atoms with E-state index in [1.807, 2.05) is 4.90 Å². The Morgan fingerprint density at radius 1 is 1.14 bits per heavy atom. The number of benzene rings is 2. The van der Waals surface area contributed by atoms with Crippen LogP contribution in [0.2, 0.25) is 0 Å². The molecule has 258 valence electrons. The number of terminal acetylenes is 1. The van der Waals surface area contributed by atoms with Crippen molar-refractivity contribution >= 4 is 41.0 Å². The summed E-state index contributed by atoms with van der Waals surface area (Å²) < 4.78 is 70.8. The maximum absolute atomic E-state index is 16.9. The zero-order chi connectivity index (χ0) is 35.7. The predicted octanol–water partition coefficient (Wildman–Crippen LogP) is 2.17. The molecule has 7 rings (SSSR count). The summed E-state index contributed by atoms with van der Waals surface area (Å²) in [5.74, 6) is -7.72. The quantitative estimate of drug-likeness (QED) is 0.0658. The number of aromatic nitrogens is 3. The molecule has 3 atom stereocenters. The molecule has 0 bridgehead atoms. The number of nitrogen functional groups attached to an aromatic ring is 1. The number of hydrogen-bond donors (Lipinski definition) is 5. The number of aliphatic hydroxyl groups is 4. The molecule has 3 aliphatic rings. The van der Waals surface area contributed by atoms with E-state index in [1.54, 1.807) is 0 Å². The van der Waals surface area contributed by atoms with Crippen LogP contribution in [0.25, 0.3) is 32.9 Å². The Morgan fingerprint density at radius 3 is 2.64 bits per heavy atom. The number of anilines is 2. The topological polar surface area (TPSA) is 171 Å². The summed E-state index contributed by atoms with van der Waals surface area (Å²) in [6.07, 6.45) is 4.89. The van der Waals surface area contributed by atoms with E-state index in [9.17, 15) is 33.6 Å². The van der Waals surface area contributed by atoms with Crippen molar-refractivity contribution in [2.75, 3.05) is 43.5 Å². The van der Waals surface area contributed by atoms with Gasteiger partial charge >= 0.3 is 12.0 Å². The fourth-order valence-corrected chi connectivity index (χ4v) is 6.81. The van der Waals surface area contributed by atoms with Gasteiger partial charge in [0, 0.05) is 60.0 Å². The molecule has 0 spiro atoms. The van der Waals surface area contributed by atoms with Gasteiger partial charge in [-0.25, -0.2) is 8.78 Å². The number of likely N-dealkylation sites (tertiary alicyclic amines) is 1. The Hall–Kier alpha value is -4.57. The van der Waals surface area contributed by atoms with Crippen LogP contribution in [-0.2, 0) is 4.74 Å². The van der Waals surface area contributed by atoms with E-state index in [0.29, 0.717) is 18.5 Å². The molecule has 2 saturated heterocycles. The first-order valence-electron chi connectivity index (χ1n) is 15.5. The van der Waals surface area contributed by atoms with E-state index < -0.39 is 65.5 Å². The first-order valence-corrected chi connectivity index (χ1v) is 15.5. The lowest BCUT2D eigenvalue weighted by Gasteiger charge is -2.43. The SMILES string of the molecule is [B]C(O)(O)N1CCC(=C(F)F)C(C(O)(O)Oc2nc(N3CCOCC4CC43)c3cnc(-c4cc(N)cc5ccc(F)c(C#C)c45)c(F)c3n2)C1. The number of piperidine rings is 1. The second kappa shape index (κ2) is 12.3. The number of nitrogens with zero attached hydrogens (tertiary/aromatic N) is 5. The summed E-state index contributed by atoms with van der Waals surface area (Å²) in [5.41, 5.74) is 4.74. The van der Waals surface area contributed by atoms with Crippen LogP contribution >= 0.6 is 0 Å². The van der Waals surface area contributed by atoms with Gasteiger partial charge in [0.2, 0.25) is 0 Å². The molecule has 1 aliphatic carbocycles. The van der Waals surface area contributed by atoms with Crippen molar-refractivity contribution in [1.29, 1.82) is 0 Å². The number of ether oxygens (including phenoxy) is 2. The van der Waals surface area contributed by atoms with Gasteiger partial charge < -0.3 is 40.5 Å². The van der Waals surface area contributed by atoms with E-state index in [4.69, 9.17) is 29.5 Å². The van der Waals surface area contributed by atoms with Gasteiger partial charge in [-0.15, -0.1) is 6.42 Å². The highest BCUT2D eigenvalue weighted by atomic mass is 19.3. The lowest BCUT2D eigenvalue weighted by molar-refractivity contribution is -0.329. The summed E-state index contributed by atoms with van der Waals surface area (Å²) in [4.78, 5) is 15.5. The Morgan fingerprint density at radius 2 is 1.92 bits per heavy atom. The summed E-state index contributed by atoms with van der Waals surface area (Å²) in [6.45, 7) is -0.0853. The molecule has 2 aromatic carbocycles. The number of fused-ring (bicyclic) bond motifs is 3. The average Bonchev–Trinajstić information content (AvgIpc) is 3.85. The van der Waals surface area contributed by atoms with Crippen LogP contribution in [-0.4, -0.2) is 98.8 Å². The Kier molecular flexibility index (Phi) is 8.37. The molecule has 4 heterocycles. The Labute approximate surface area is 283 Å². The maximum Gasteiger partial charge on any atom is 0.332 e. The molecular weight excluding hydrogens is 663 g/mol. The summed E-state index contributed by atoms with van der Waals surface area (Å²) in [5, 5.41) is 42.8. The molecule has 1 saturated carbocycles. The number of rotatable bonds is 6. The minimum Gasteiger partial charge on any atom is -0.405 e. The third-order valence-electron chi connectivity index (χ3n) is 9.38. The number of hydrogen-bond acceptors (Lipinski definition) is 12. The molecule has 2 radical (unpaired) electrons. The van der Waals surface area contributed by atoms with Crippen LogP contribution in [0.1, 0.15) is 18.4 Å². The minimum atomic E-state index is -3.49. The molecular formula is C33H29BF4N6O6. The summed E-state index contributed by atoms with van der Waals surface area (Å²) in [6, 6.07) is 4.62. The van der Waals surface area contributed by atoms with Crippen LogP contribution in [0.5, 0.6) is 6.01 Å². The van der Waals surface area contributed by atoms with E-state index in [0.717, 1.165) is 17.4 Å². The molecule has 6 N–H and O–H groups in total. The number of nitrogens with two attached hydrogens (primary N) is 1. The van der Waals surface area contributed by atoms with Crippen molar-refractivity contribution < 1.29 is 47.5 Å². The van der Waals surface area contributed by atoms with Crippen LogP contribution in [0, 0.1) is 35.8 Å². The highest BCUT2D eigenvalue weighted by molar-refractivity contribution is 6.12. The van der Waals surface area contributed by atoms with Crippen LogP contribution < -0.4 is 15.4 Å². The smallest absolute Gasteiger partial charge is 0.332 e. The molecule has 4 aromatic rings. The standard InChI is InChI=1S/C33H29BF4N6O6/c1-2-18-23(35)4-3-15-9-17(39)11-20(25(15)18)27-26(36)28-21(12-40-27)30(44-7-8-49-14-16-10-24(16)44)42-31(41-28)50-32(45,46)22-13-43(33(34,47)48)6-5-19(22)29(37)38/h1,3-4,9,11-12,16,22,24,45-48H,5-8,10,13-14,39H2. The second-order valence-corrected chi connectivity index (χ2v) is 12.6. The van der Waals surface area contributed by atoms with Crippen molar-refractivity contribution in [1.82, 2.24) is 19.9 Å². The highest BCUT2D eigenvalue weighted by Gasteiger charge is 2.49. The summed E-state index contributed by atoms with van der Waals surface area (Å²) in [7, 11) is 5.34. The van der Waals surface area contributed by atoms with Crippen LogP contribution in [0.15, 0.2) is 42.1 Å². The third kappa shape index (κ3) is 5.97. The van der Waals surface area contributed by atoms with E-state index in [1.165, 1.54) is 24.4 Å². The normalized spacial score (nSPS) is 21.5. The number of pyridine rings is 1. The summed E-state index contributed by atoms with van der Waals surface area (Å²) >= 11 is 0. The van der Waals surface area contributed by atoms with Crippen molar-refractivity contribution in [2.24, 2.45) is 11.8 Å². The predicted molar refractivity (Wildman–Crippen MR) is 172 cm³/mol. The fraction of sp³-hybridized carbons (Fsp3) is 0.364. The molecule has 3 fully saturated rings. The van der Waals surface area contributed by atoms with Gasteiger partial charge in [-0.3, -0.25) is 9.88 Å². The maximum atomic E-state index is 16.9. The van der Waals surface area contributed by atoms with Crippen molar-refractivity contribution in [3.63, 3.8) is 0 Å². The second-order valence-electron chi connectivity index (χ2n) is 12.6. The van der Waals surface area contributed by atoms with Gasteiger partial charge in [0.15, 0.2) is 19.5 Å². The zero-order valence-electron chi connectivity index (χ0n) is 26.2. The first kappa shape index (κ1) is 33.9. The molecule has 2 aliphatic heterocycles. The van der Waals surface area contributed by atoms with Crippen LogP contribution in [0.4, 0.5) is 29.1 Å². The molecule has 3 unspecified atom stereocenters. The zero-order valence-corrected chi connectivity index (χ0v) is 26.2. The van der Waals surface area contributed by atoms with Crippen LogP contribution in [0.3, 0.4) is 0 Å². The van der Waals surface area contributed by atoms with Gasteiger partial charge in [-0.1, -0.05) is 12.0 Å². The van der Waals surface area contributed by atoms with E-state index >= 15 is 4.39 Å². The Bertz CT molecular complexity index is 2100. The Balaban J connectivity index is 1.40.